The molecule has 1 fully saturated rings. The van der Waals surface area contributed by atoms with E-state index in [4.69, 9.17) is 14.2 Å². The Hall–Kier alpha value is -3.46. The fraction of sp³-hybridized carbons (Fsp3) is 0.227. The van der Waals surface area contributed by atoms with Crippen LogP contribution >= 0.6 is 11.8 Å². The minimum atomic E-state index is -0.522. The average molecular weight is 442 g/mol. The number of hydrogen-bond acceptors (Lipinski definition) is 7. The first-order valence-corrected chi connectivity index (χ1v) is 10.3. The Labute approximate surface area is 184 Å². The molecule has 3 amide bonds. The Morgan fingerprint density at radius 3 is 2.42 bits per heavy atom. The molecule has 0 saturated carbocycles. The number of ether oxygens (including phenoxy) is 3. The lowest BCUT2D eigenvalue weighted by molar-refractivity contribution is -0.127. The van der Waals surface area contributed by atoms with E-state index in [-0.39, 0.29) is 11.4 Å². The van der Waals surface area contributed by atoms with Crippen LogP contribution in [-0.4, -0.2) is 49.3 Å². The summed E-state index contributed by atoms with van der Waals surface area (Å²) in [7, 11) is 3.04. The van der Waals surface area contributed by atoms with E-state index in [0.29, 0.717) is 35.1 Å². The van der Waals surface area contributed by atoms with Crippen molar-refractivity contribution in [3.8, 4) is 17.2 Å². The maximum atomic E-state index is 12.7. The number of thioether (sulfide) groups is 1. The zero-order valence-electron chi connectivity index (χ0n) is 17.3. The number of hydrogen-bond donors (Lipinski definition) is 1. The van der Waals surface area contributed by atoms with Gasteiger partial charge in [-0.05, 0) is 66.7 Å². The standard InChI is InChI=1S/C22H22N2O6S/c1-4-30-16-8-6-15(7-9-16)23-20(25)13-24-21(26)19(31-22(24)27)12-14-5-10-17(28-2)18(11-14)29-3/h5-12H,4,13H2,1-3H3,(H,23,25)/b19-12-. The van der Waals surface area contributed by atoms with Crippen LogP contribution in [0.2, 0.25) is 0 Å². The number of anilines is 1. The molecule has 3 rings (SSSR count). The quantitative estimate of drug-likeness (QED) is 0.622. The SMILES string of the molecule is CCOc1ccc(NC(=O)CN2C(=O)S/C(=C\c3ccc(OC)c(OC)c3)C2=O)cc1. The van der Waals surface area contributed by atoms with Crippen molar-refractivity contribution in [2.45, 2.75) is 6.92 Å². The van der Waals surface area contributed by atoms with Crippen LogP contribution in [0.5, 0.6) is 17.2 Å². The number of rotatable bonds is 8. The van der Waals surface area contributed by atoms with Gasteiger partial charge in [0.15, 0.2) is 11.5 Å². The molecule has 0 unspecified atom stereocenters. The molecule has 0 aromatic heterocycles. The van der Waals surface area contributed by atoms with E-state index in [1.807, 2.05) is 6.92 Å². The summed E-state index contributed by atoms with van der Waals surface area (Å²) in [6, 6.07) is 12.0. The van der Waals surface area contributed by atoms with Gasteiger partial charge in [-0.2, -0.15) is 0 Å². The molecule has 2 aromatic rings. The van der Waals surface area contributed by atoms with Crippen LogP contribution < -0.4 is 19.5 Å². The van der Waals surface area contributed by atoms with Crippen molar-refractivity contribution in [2.24, 2.45) is 0 Å². The molecule has 162 valence electrons. The minimum Gasteiger partial charge on any atom is -0.494 e. The van der Waals surface area contributed by atoms with Crippen molar-refractivity contribution in [1.82, 2.24) is 4.90 Å². The number of nitrogens with one attached hydrogen (secondary N) is 1. The maximum Gasteiger partial charge on any atom is 0.294 e. The molecule has 0 bridgehead atoms. The van der Waals surface area contributed by atoms with Crippen LogP contribution in [0.1, 0.15) is 12.5 Å². The molecule has 2 aromatic carbocycles. The third kappa shape index (κ3) is 5.37. The van der Waals surface area contributed by atoms with Crippen LogP contribution in [0.3, 0.4) is 0 Å². The molecule has 1 aliphatic rings. The number of carbonyl (C=O) groups is 3. The smallest absolute Gasteiger partial charge is 0.294 e. The third-order valence-electron chi connectivity index (χ3n) is 4.33. The van der Waals surface area contributed by atoms with Gasteiger partial charge < -0.3 is 19.5 Å². The second-order valence-electron chi connectivity index (χ2n) is 6.39. The van der Waals surface area contributed by atoms with Crippen molar-refractivity contribution in [1.29, 1.82) is 0 Å². The minimum absolute atomic E-state index is 0.228. The third-order valence-corrected chi connectivity index (χ3v) is 5.24. The Bertz CT molecular complexity index is 1020. The summed E-state index contributed by atoms with van der Waals surface area (Å²) in [5, 5.41) is 2.17. The van der Waals surface area contributed by atoms with Gasteiger partial charge in [0, 0.05) is 5.69 Å². The lowest BCUT2D eigenvalue weighted by Gasteiger charge is -2.13. The van der Waals surface area contributed by atoms with Crippen LogP contribution in [0.25, 0.3) is 6.08 Å². The van der Waals surface area contributed by atoms with Gasteiger partial charge in [0.1, 0.15) is 12.3 Å². The Morgan fingerprint density at radius 1 is 1.06 bits per heavy atom. The van der Waals surface area contributed by atoms with Crippen molar-refractivity contribution in [3.05, 3.63) is 52.9 Å². The Kier molecular flexibility index (Phi) is 7.19. The summed E-state index contributed by atoms with van der Waals surface area (Å²) in [6.07, 6.45) is 1.58. The van der Waals surface area contributed by atoms with Gasteiger partial charge in [0.2, 0.25) is 5.91 Å². The Balaban J connectivity index is 1.67. The molecule has 9 heteroatoms. The van der Waals surface area contributed by atoms with E-state index >= 15 is 0 Å². The molecular weight excluding hydrogens is 420 g/mol. The van der Waals surface area contributed by atoms with Crippen molar-refractivity contribution in [3.63, 3.8) is 0 Å². The number of nitrogens with zero attached hydrogens (tertiary/aromatic N) is 1. The van der Waals surface area contributed by atoms with Gasteiger partial charge in [-0.25, -0.2) is 0 Å². The highest BCUT2D eigenvalue weighted by Crippen LogP contribution is 2.34. The van der Waals surface area contributed by atoms with E-state index in [0.717, 1.165) is 16.7 Å². The fourth-order valence-corrected chi connectivity index (χ4v) is 3.71. The highest BCUT2D eigenvalue weighted by molar-refractivity contribution is 8.18. The van der Waals surface area contributed by atoms with Gasteiger partial charge in [-0.3, -0.25) is 19.3 Å². The van der Waals surface area contributed by atoms with Crippen molar-refractivity contribution < 1.29 is 28.6 Å². The molecule has 1 aliphatic heterocycles. The second-order valence-corrected chi connectivity index (χ2v) is 7.38. The van der Waals surface area contributed by atoms with Gasteiger partial charge in [-0.15, -0.1) is 0 Å². The molecule has 0 radical (unpaired) electrons. The lowest BCUT2D eigenvalue weighted by Crippen LogP contribution is -2.36. The van der Waals surface area contributed by atoms with Crippen LogP contribution in [0, 0.1) is 0 Å². The first kappa shape index (κ1) is 22.2. The lowest BCUT2D eigenvalue weighted by atomic mass is 10.2. The predicted octanol–water partition coefficient (Wildman–Crippen LogP) is 3.78. The van der Waals surface area contributed by atoms with Crippen LogP contribution in [-0.2, 0) is 9.59 Å². The molecular formula is C22H22N2O6S. The van der Waals surface area contributed by atoms with E-state index in [1.165, 1.54) is 14.2 Å². The average Bonchev–Trinajstić information content (AvgIpc) is 3.02. The molecule has 8 nitrogen and oxygen atoms in total. The van der Waals surface area contributed by atoms with Gasteiger partial charge in [0.05, 0.1) is 25.7 Å². The zero-order valence-corrected chi connectivity index (χ0v) is 18.2. The summed E-state index contributed by atoms with van der Waals surface area (Å²) in [5.41, 5.74) is 1.21. The zero-order chi connectivity index (χ0) is 22.4. The van der Waals surface area contributed by atoms with Gasteiger partial charge in [-0.1, -0.05) is 6.07 Å². The summed E-state index contributed by atoms with van der Waals surface area (Å²) in [5.74, 6) is 0.751. The van der Waals surface area contributed by atoms with Crippen LogP contribution in [0.4, 0.5) is 10.5 Å². The summed E-state index contributed by atoms with van der Waals surface area (Å²) in [4.78, 5) is 38.5. The first-order valence-electron chi connectivity index (χ1n) is 9.45. The van der Waals surface area contributed by atoms with Crippen molar-refractivity contribution in [2.75, 3.05) is 32.7 Å². The van der Waals surface area contributed by atoms with E-state index in [2.05, 4.69) is 5.32 Å². The number of benzene rings is 2. The fourth-order valence-electron chi connectivity index (χ4n) is 2.88. The highest BCUT2D eigenvalue weighted by Gasteiger charge is 2.36. The number of imide groups is 1. The molecule has 1 heterocycles. The van der Waals surface area contributed by atoms with E-state index in [9.17, 15) is 14.4 Å². The van der Waals surface area contributed by atoms with Gasteiger partial charge >= 0.3 is 0 Å². The number of carbonyl (C=O) groups excluding carboxylic acids is 3. The molecule has 0 atom stereocenters. The predicted molar refractivity (Wildman–Crippen MR) is 118 cm³/mol. The van der Waals surface area contributed by atoms with Gasteiger partial charge in [0.25, 0.3) is 11.1 Å². The van der Waals surface area contributed by atoms with Crippen LogP contribution in [0.15, 0.2) is 47.4 Å². The Morgan fingerprint density at radius 2 is 1.77 bits per heavy atom. The number of amides is 3. The first-order chi connectivity index (χ1) is 14.9. The molecule has 1 N–H and O–H groups in total. The topological polar surface area (TPSA) is 94.2 Å². The monoisotopic (exact) mass is 442 g/mol. The summed E-state index contributed by atoms with van der Waals surface area (Å²) >= 11 is 0.786. The molecule has 1 saturated heterocycles. The summed E-state index contributed by atoms with van der Waals surface area (Å²) < 4.78 is 15.8. The number of methoxy groups -OCH3 is 2. The van der Waals surface area contributed by atoms with Crippen molar-refractivity contribution >= 4 is 40.6 Å². The highest BCUT2D eigenvalue weighted by atomic mass is 32.2. The largest absolute Gasteiger partial charge is 0.494 e. The van der Waals surface area contributed by atoms with E-state index in [1.54, 1.807) is 48.5 Å². The van der Waals surface area contributed by atoms with E-state index < -0.39 is 17.1 Å². The normalized spacial score (nSPS) is 14.7. The molecule has 31 heavy (non-hydrogen) atoms. The second kappa shape index (κ2) is 10.0. The maximum absolute atomic E-state index is 12.7. The molecule has 0 aliphatic carbocycles. The summed E-state index contributed by atoms with van der Waals surface area (Å²) in [6.45, 7) is 2.05. The molecule has 0 spiro atoms.